The van der Waals surface area contributed by atoms with Crippen molar-refractivity contribution in [3.8, 4) is 0 Å². The maximum Gasteiger partial charge on any atom is 0.248 e. The third-order valence-corrected chi connectivity index (χ3v) is 2.16. The fourth-order valence-corrected chi connectivity index (χ4v) is 1.02. The summed E-state index contributed by atoms with van der Waals surface area (Å²) in [6.45, 7) is 1.08. The van der Waals surface area contributed by atoms with Gasteiger partial charge < -0.3 is 19.3 Å². The Kier molecular flexibility index (Phi) is 7.49. The highest BCUT2D eigenvalue weighted by atomic mass is 16.5. The zero-order valence-corrected chi connectivity index (χ0v) is 10.4. The molecule has 6 nitrogen and oxygen atoms in total. The normalized spacial score (nSPS) is 10.0. The zero-order valence-electron chi connectivity index (χ0n) is 10.4. The molecule has 0 aromatic carbocycles. The van der Waals surface area contributed by atoms with Gasteiger partial charge in [0.25, 0.3) is 0 Å². The summed E-state index contributed by atoms with van der Waals surface area (Å²) >= 11 is 0. The Morgan fingerprint density at radius 1 is 0.875 bits per heavy atom. The number of likely N-dealkylation sites (N-methyl/N-ethyl adjacent to an activating group) is 2. The summed E-state index contributed by atoms with van der Waals surface area (Å²) in [5, 5.41) is 0. The third-order valence-electron chi connectivity index (χ3n) is 2.16. The lowest BCUT2D eigenvalue weighted by Gasteiger charge is -2.22. The van der Waals surface area contributed by atoms with E-state index in [2.05, 4.69) is 0 Å². The Balaban J connectivity index is 3.86. The second-order valence-electron chi connectivity index (χ2n) is 3.50. The van der Waals surface area contributed by atoms with Gasteiger partial charge in [0.05, 0.1) is 0 Å². The fourth-order valence-electron chi connectivity index (χ4n) is 1.02. The van der Waals surface area contributed by atoms with E-state index in [0.29, 0.717) is 13.1 Å². The second-order valence-corrected chi connectivity index (χ2v) is 3.50. The molecule has 0 aliphatic rings. The van der Waals surface area contributed by atoms with Gasteiger partial charge in [-0.25, -0.2) is 0 Å². The summed E-state index contributed by atoms with van der Waals surface area (Å²) in [6.07, 6.45) is 0. The van der Waals surface area contributed by atoms with Crippen LogP contribution in [0.15, 0.2) is 0 Å². The number of carbonyl (C=O) groups is 2. The predicted octanol–water partition coefficient (Wildman–Crippen LogP) is -0.804. The minimum atomic E-state index is -0.102. The van der Waals surface area contributed by atoms with E-state index in [-0.39, 0.29) is 25.0 Å². The van der Waals surface area contributed by atoms with Crippen LogP contribution in [0.25, 0.3) is 0 Å². The van der Waals surface area contributed by atoms with Crippen LogP contribution in [-0.2, 0) is 19.1 Å². The monoisotopic (exact) mass is 232 g/mol. The van der Waals surface area contributed by atoms with Crippen molar-refractivity contribution in [3.05, 3.63) is 0 Å². The molecule has 6 heteroatoms. The molecular weight excluding hydrogens is 212 g/mol. The van der Waals surface area contributed by atoms with E-state index in [4.69, 9.17) is 9.47 Å². The van der Waals surface area contributed by atoms with Gasteiger partial charge >= 0.3 is 0 Å². The lowest BCUT2D eigenvalue weighted by Crippen LogP contribution is -2.39. The van der Waals surface area contributed by atoms with Crippen molar-refractivity contribution >= 4 is 11.8 Å². The Bertz CT molecular complexity index is 209. The van der Waals surface area contributed by atoms with Gasteiger partial charge in [-0.15, -0.1) is 0 Å². The van der Waals surface area contributed by atoms with Crippen LogP contribution in [0.5, 0.6) is 0 Å². The molecule has 0 aromatic rings. The van der Waals surface area contributed by atoms with Crippen molar-refractivity contribution in [1.29, 1.82) is 0 Å². The zero-order chi connectivity index (χ0) is 12.6. The number of hydrogen-bond donors (Lipinski definition) is 0. The van der Waals surface area contributed by atoms with E-state index in [1.807, 2.05) is 0 Å². The SMILES string of the molecule is COCC(=O)N(C)CCN(C)C(=O)COC. The first-order chi connectivity index (χ1) is 7.52. The summed E-state index contributed by atoms with van der Waals surface area (Å²) in [4.78, 5) is 25.7. The second kappa shape index (κ2) is 8.06. The average molecular weight is 232 g/mol. The fraction of sp³-hybridized carbons (Fsp3) is 0.800. The Morgan fingerprint density at radius 3 is 1.44 bits per heavy atom. The van der Waals surface area contributed by atoms with E-state index in [0.717, 1.165) is 0 Å². The van der Waals surface area contributed by atoms with Crippen LogP contribution in [0.2, 0.25) is 0 Å². The first kappa shape index (κ1) is 14.9. The molecule has 0 fully saturated rings. The maximum absolute atomic E-state index is 11.3. The highest BCUT2D eigenvalue weighted by molar-refractivity contribution is 5.78. The van der Waals surface area contributed by atoms with Gasteiger partial charge in [-0.05, 0) is 0 Å². The molecule has 0 saturated heterocycles. The van der Waals surface area contributed by atoms with Crippen LogP contribution >= 0.6 is 0 Å². The van der Waals surface area contributed by atoms with Crippen molar-refractivity contribution in [3.63, 3.8) is 0 Å². The minimum absolute atomic E-state index is 0.0617. The van der Waals surface area contributed by atoms with Gasteiger partial charge in [-0.3, -0.25) is 9.59 Å². The third kappa shape index (κ3) is 5.67. The number of methoxy groups -OCH3 is 2. The highest BCUT2D eigenvalue weighted by Crippen LogP contribution is 1.90. The van der Waals surface area contributed by atoms with Crippen molar-refractivity contribution in [2.24, 2.45) is 0 Å². The smallest absolute Gasteiger partial charge is 0.248 e. The number of amides is 2. The van der Waals surface area contributed by atoms with Crippen LogP contribution < -0.4 is 0 Å². The van der Waals surface area contributed by atoms with Gasteiger partial charge in [0.15, 0.2) is 0 Å². The topological polar surface area (TPSA) is 59.1 Å². The lowest BCUT2D eigenvalue weighted by molar-refractivity contribution is -0.137. The molecule has 0 aliphatic carbocycles. The van der Waals surface area contributed by atoms with Crippen molar-refractivity contribution < 1.29 is 19.1 Å². The first-order valence-electron chi connectivity index (χ1n) is 4.98. The molecule has 16 heavy (non-hydrogen) atoms. The molecule has 0 radical (unpaired) electrons. The van der Waals surface area contributed by atoms with E-state index < -0.39 is 0 Å². The van der Waals surface area contributed by atoms with Crippen LogP contribution in [0.1, 0.15) is 0 Å². The van der Waals surface area contributed by atoms with Crippen LogP contribution in [0.3, 0.4) is 0 Å². The molecule has 0 saturated carbocycles. The van der Waals surface area contributed by atoms with Crippen LogP contribution in [0, 0.1) is 0 Å². The summed E-state index contributed by atoms with van der Waals surface area (Å²) in [5.74, 6) is -0.204. The maximum atomic E-state index is 11.3. The van der Waals surface area contributed by atoms with Crippen molar-refractivity contribution in [2.75, 3.05) is 54.6 Å². The summed E-state index contributed by atoms with van der Waals surface area (Å²) in [7, 11) is 6.30. The van der Waals surface area contributed by atoms with Crippen LogP contribution in [-0.4, -0.2) is 76.2 Å². The van der Waals surface area contributed by atoms with Crippen LogP contribution in [0.4, 0.5) is 0 Å². The standard InChI is InChI=1S/C10H20N2O4/c1-11(9(13)7-15-3)5-6-12(2)10(14)8-16-4/h5-8H2,1-4H3. The van der Waals surface area contributed by atoms with E-state index in [1.165, 1.54) is 24.0 Å². The van der Waals surface area contributed by atoms with Gasteiger partial charge in [0.1, 0.15) is 13.2 Å². The molecule has 94 valence electrons. The molecule has 0 aromatic heterocycles. The average Bonchev–Trinajstić information content (AvgIpc) is 2.25. The summed E-state index contributed by atoms with van der Waals surface area (Å²) < 4.78 is 9.45. The molecule has 0 unspecified atom stereocenters. The van der Waals surface area contributed by atoms with Crippen molar-refractivity contribution in [1.82, 2.24) is 9.80 Å². The van der Waals surface area contributed by atoms with E-state index >= 15 is 0 Å². The Morgan fingerprint density at radius 2 is 1.19 bits per heavy atom. The summed E-state index contributed by atoms with van der Waals surface area (Å²) in [6, 6.07) is 0. The van der Waals surface area contributed by atoms with Crippen molar-refractivity contribution in [2.45, 2.75) is 0 Å². The molecule has 0 N–H and O–H groups in total. The Labute approximate surface area is 96.1 Å². The molecule has 2 amide bonds. The predicted molar refractivity (Wildman–Crippen MR) is 59.0 cm³/mol. The molecule has 0 rings (SSSR count). The number of carbonyl (C=O) groups excluding carboxylic acids is 2. The number of ether oxygens (including phenoxy) is 2. The lowest BCUT2D eigenvalue weighted by atomic mass is 10.4. The highest BCUT2D eigenvalue weighted by Gasteiger charge is 2.11. The van der Waals surface area contributed by atoms with E-state index in [9.17, 15) is 9.59 Å². The Hall–Kier alpha value is -1.14. The number of hydrogen-bond acceptors (Lipinski definition) is 4. The van der Waals surface area contributed by atoms with Gasteiger partial charge in [-0.1, -0.05) is 0 Å². The summed E-state index contributed by atoms with van der Waals surface area (Å²) in [5.41, 5.74) is 0. The quantitative estimate of drug-likeness (QED) is 0.576. The number of nitrogens with zero attached hydrogens (tertiary/aromatic N) is 2. The minimum Gasteiger partial charge on any atom is -0.375 e. The van der Waals surface area contributed by atoms with Gasteiger partial charge in [0.2, 0.25) is 11.8 Å². The molecule has 0 aliphatic heterocycles. The molecule has 0 bridgehead atoms. The van der Waals surface area contributed by atoms with Gasteiger partial charge in [-0.2, -0.15) is 0 Å². The van der Waals surface area contributed by atoms with E-state index in [1.54, 1.807) is 14.1 Å². The molecular formula is C10H20N2O4. The molecule has 0 atom stereocenters. The number of rotatable bonds is 7. The molecule has 0 heterocycles. The van der Waals surface area contributed by atoms with Gasteiger partial charge in [0, 0.05) is 41.4 Å². The first-order valence-corrected chi connectivity index (χ1v) is 4.98. The molecule has 0 spiro atoms. The largest absolute Gasteiger partial charge is 0.375 e.